The molecule has 1 heterocycles. The molecule has 2 atom stereocenters. The highest BCUT2D eigenvalue weighted by Gasteiger charge is 2.48. The number of nitriles is 1. The summed E-state index contributed by atoms with van der Waals surface area (Å²) in [5.41, 5.74) is 0.553. The number of rotatable bonds is 3. The Labute approximate surface area is 158 Å². The minimum absolute atomic E-state index is 0.325. The molecule has 3 rings (SSSR count). The molecule has 27 heavy (non-hydrogen) atoms. The number of urea groups is 1. The van der Waals surface area contributed by atoms with E-state index in [2.05, 4.69) is 6.07 Å². The molecule has 0 spiro atoms. The zero-order valence-corrected chi connectivity index (χ0v) is 16.2. The maximum absolute atomic E-state index is 13.2. The van der Waals surface area contributed by atoms with Gasteiger partial charge in [-0.3, -0.25) is 4.79 Å². The fraction of sp³-hybridized carbons (Fsp3) is 0.381. The van der Waals surface area contributed by atoms with Crippen molar-refractivity contribution in [1.82, 2.24) is 4.90 Å². The van der Waals surface area contributed by atoms with Crippen molar-refractivity contribution in [2.45, 2.75) is 45.4 Å². The molecule has 2 unspecified atom stereocenters. The zero-order chi connectivity index (χ0) is 19.9. The lowest BCUT2D eigenvalue weighted by molar-refractivity contribution is -0.128. The largest absolute Gasteiger partial charge is 0.370 e. The van der Waals surface area contributed by atoms with Gasteiger partial charge >= 0.3 is 6.03 Å². The summed E-state index contributed by atoms with van der Waals surface area (Å²) in [6, 6.07) is 11.6. The second-order valence-corrected chi connectivity index (χ2v) is 7.74. The number of carbonyl (C=O) groups excluding carboxylic acids is 2. The Morgan fingerprint density at radius 1 is 1.11 bits per heavy atom. The molecule has 6 nitrogen and oxygen atoms in total. The van der Waals surface area contributed by atoms with Crippen LogP contribution in [0.3, 0.4) is 0 Å². The Morgan fingerprint density at radius 2 is 1.74 bits per heavy atom. The van der Waals surface area contributed by atoms with Crippen LogP contribution in [0, 0.1) is 11.3 Å². The summed E-state index contributed by atoms with van der Waals surface area (Å²) in [7, 11) is 1.61. The Bertz CT molecular complexity index is 955. The van der Waals surface area contributed by atoms with E-state index in [1.165, 1.54) is 9.80 Å². The average molecular weight is 365 g/mol. The van der Waals surface area contributed by atoms with Crippen LogP contribution in [0.4, 0.5) is 10.5 Å². The molecule has 0 bridgehead atoms. The molecule has 2 aromatic rings. The number of ether oxygens (including phenoxy) is 1. The maximum Gasteiger partial charge on any atom is 0.331 e. The normalized spacial score (nSPS) is 18.9. The van der Waals surface area contributed by atoms with Crippen molar-refractivity contribution >= 4 is 28.4 Å². The molecule has 0 N–H and O–H groups in total. The van der Waals surface area contributed by atoms with Crippen LogP contribution in [-0.2, 0) is 9.53 Å². The molecule has 2 aromatic carbocycles. The van der Waals surface area contributed by atoms with Gasteiger partial charge in [-0.15, -0.1) is 0 Å². The van der Waals surface area contributed by atoms with Gasteiger partial charge in [0.2, 0.25) is 0 Å². The van der Waals surface area contributed by atoms with Gasteiger partial charge in [-0.1, -0.05) is 24.3 Å². The van der Waals surface area contributed by atoms with Crippen molar-refractivity contribution in [2.24, 2.45) is 0 Å². The van der Waals surface area contributed by atoms with Gasteiger partial charge in [-0.25, -0.2) is 9.69 Å². The topological polar surface area (TPSA) is 73.6 Å². The number of likely N-dealkylation sites (N-methyl/N-ethyl adjacent to an activating group) is 1. The number of carbonyl (C=O) groups is 2. The summed E-state index contributed by atoms with van der Waals surface area (Å²) in [5, 5.41) is 10.7. The predicted molar refractivity (Wildman–Crippen MR) is 103 cm³/mol. The van der Waals surface area contributed by atoms with Crippen molar-refractivity contribution < 1.29 is 14.3 Å². The number of imide groups is 1. The van der Waals surface area contributed by atoms with Gasteiger partial charge < -0.3 is 9.64 Å². The van der Waals surface area contributed by atoms with Crippen LogP contribution in [0.15, 0.2) is 36.4 Å². The van der Waals surface area contributed by atoms with Gasteiger partial charge in [0.25, 0.3) is 5.91 Å². The third kappa shape index (κ3) is 3.26. The third-order valence-corrected chi connectivity index (χ3v) is 4.63. The van der Waals surface area contributed by atoms with Crippen molar-refractivity contribution in [3.8, 4) is 6.07 Å². The minimum Gasteiger partial charge on any atom is -0.370 e. The first kappa shape index (κ1) is 18.9. The van der Waals surface area contributed by atoms with Crippen molar-refractivity contribution in [1.29, 1.82) is 5.26 Å². The standard InChI is InChI=1S/C21H23N3O3/c1-13(27-21(2,3)4)18-19(25)24(20(26)23(18)5)17-11-10-14(12-22)15-8-6-7-9-16(15)17/h6-11,13,18H,1-5H3. The first-order chi connectivity index (χ1) is 12.7. The highest BCUT2D eigenvalue weighted by atomic mass is 16.5. The highest BCUT2D eigenvalue weighted by Crippen LogP contribution is 2.34. The highest BCUT2D eigenvalue weighted by molar-refractivity contribution is 6.24. The van der Waals surface area contributed by atoms with Gasteiger partial charge in [-0.05, 0) is 39.8 Å². The molecular formula is C21H23N3O3. The van der Waals surface area contributed by atoms with Gasteiger partial charge in [0, 0.05) is 17.8 Å². The van der Waals surface area contributed by atoms with E-state index in [9.17, 15) is 14.9 Å². The van der Waals surface area contributed by atoms with Gasteiger partial charge in [0.1, 0.15) is 6.04 Å². The molecule has 0 aliphatic carbocycles. The van der Waals surface area contributed by atoms with Crippen LogP contribution in [0.1, 0.15) is 33.3 Å². The summed E-state index contributed by atoms with van der Waals surface area (Å²) in [6.45, 7) is 7.54. The van der Waals surface area contributed by atoms with Crippen molar-refractivity contribution in [3.05, 3.63) is 42.0 Å². The molecule has 1 aliphatic heterocycles. The number of nitrogens with zero attached hydrogens (tertiary/aromatic N) is 3. The molecule has 1 fully saturated rings. The summed E-state index contributed by atoms with van der Waals surface area (Å²) in [6.07, 6.45) is -0.457. The number of hydrogen-bond donors (Lipinski definition) is 0. The lowest BCUT2D eigenvalue weighted by Gasteiger charge is -2.30. The third-order valence-electron chi connectivity index (χ3n) is 4.63. The first-order valence-corrected chi connectivity index (χ1v) is 8.86. The maximum atomic E-state index is 13.2. The number of fused-ring (bicyclic) bond motifs is 1. The van der Waals surface area contributed by atoms with Gasteiger partial charge in [0.15, 0.2) is 0 Å². The quantitative estimate of drug-likeness (QED) is 0.778. The second kappa shape index (κ2) is 6.67. The summed E-state index contributed by atoms with van der Waals surface area (Å²) in [4.78, 5) is 28.7. The average Bonchev–Trinajstić information content (AvgIpc) is 2.82. The van der Waals surface area contributed by atoms with E-state index in [-0.39, 0.29) is 5.91 Å². The van der Waals surface area contributed by atoms with E-state index in [1.807, 2.05) is 45.0 Å². The number of anilines is 1. The molecule has 1 aliphatic rings. The summed E-state index contributed by atoms with van der Waals surface area (Å²) >= 11 is 0. The van der Waals surface area contributed by atoms with Crippen molar-refractivity contribution in [3.63, 3.8) is 0 Å². The van der Waals surface area contributed by atoms with E-state index < -0.39 is 23.8 Å². The lowest BCUT2D eigenvalue weighted by Crippen LogP contribution is -2.44. The van der Waals surface area contributed by atoms with Gasteiger partial charge in [-0.2, -0.15) is 5.26 Å². The van der Waals surface area contributed by atoms with E-state index >= 15 is 0 Å². The number of benzene rings is 2. The predicted octanol–water partition coefficient (Wildman–Crippen LogP) is 3.68. The molecule has 0 radical (unpaired) electrons. The number of hydrogen-bond acceptors (Lipinski definition) is 4. The number of amides is 3. The fourth-order valence-corrected chi connectivity index (χ4v) is 3.60. The van der Waals surface area contributed by atoms with Crippen LogP contribution in [-0.4, -0.2) is 41.6 Å². The molecule has 6 heteroatoms. The van der Waals surface area contributed by atoms with Crippen LogP contribution < -0.4 is 4.90 Å². The Kier molecular flexibility index (Phi) is 4.66. The van der Waals surface area contributed by atoms with E-state index in [0.29, 0.717) is 22.0 Å². The van der Waals surface area contributed by atoms with Crippen LogP contribution >= 0.6 is 0 Å². The lowest BCUT2D eigenvalue weighted by atomic mass is 10.0. The van der Waals surface area contributed by atoms with Gasteiger partial charge in [0.05, 0.1) is 29.0 Å². The molecule has 140 valence electrons. The Hall–Kier alpha value is -2.91. The molecule has 0 saturated carbocycles. The fourth-order valence-electron chi connectivity index (χ4n) is 3.60. The Morgan fingerprint density at radius 3 is 2.33 bits per heavy atom. The SMILES string of the molecule is CC(OC(C)(C)C)C1C(=O)N(c2ccc(C#N)c3ccccc23)C(=O)N1C. The summed E-state index contributed by atoms with van der Waals surface area (Å²) in [5.74, 6) is -0.325. The molecule has 3 amide bonds. The molecular weight excluding hydrogens is 342 g/mol. The monoisotopic (exact) mass is 365 g/mol. The molecule has 1 saturated heterocycles. The summed E-state index contributed by atoms with van der Waals surface area (Å²) < 4.78 is 5.93. The zero-order valence-electron chi connectivity index (χ0n) is 16.2. The van der Waals surface area contributed by atoms with Crippen LogP contribution in [0.2, 0.25) is 0 Å². The van der Waals surface area contributed by atoms with E-state index in [4.69, 9.17) is 4.74 Å². The smallest absolute Gasteiger partial charge is 0.331 e. The van der Waals surface area contributed by atoms with Crippen LogP contribution in [0.5, 0.6) is 0 Å². The first-order valence-electron chi connectivity index (χ1n) is 8.86. The van der Waals surface area contributed by atoms with Crippen LogP contribution in [0.25, 0.3) is 10.8 Å². The van der Waals surface area contributed by atoms with E-state index in [1.54, 1.807) is 26.1 Å². The second-order valence-electron chi connectivity index (χ2n) is 7.74. The molecule has 0 aromatic heterocycles. The van der Waals surface area contributed by atoms with Crippen molar-refractivity contribution in [2.75, 3.05) is 11.9 Å². The minimum atomic E-state index is -0.703. The van der Waals surface area contributed by atoms with E-state index in [0.717, 1.165) is 0 Å². The Balaban J connectivity index is 2.06.